The molecule has 72 valence electrons. The zero-order valence-electron chi connectivity index (χ0n) is 7.79. The molecule has 0 fully saturated rings. The largest absolute Gasteiger partial charge is 0.481 e. The second-order valence-corrected chi connectivity index (χ2v) is 2.64. The molecule has 0 aliphatic carbocycles. The predicted octanol–water partition coefficient (Wildman–Crippen LogP) is 0.138. The van der Waals surface area contributed by atoms with Crippen molar-refractivity contribution in [2.24, 2.45) is 5.73 Å². The normalized spacial score (nSPS) is 10.0. The standard InChI is InChI=1S/C9H15N3O/c1-13-9-8(3-2-5-12-9)7-11-6-4-10/h2-3,5,11H,4,6-7,10H2,1H3. The maximum absolute atomic E-state index is 5.35. The highest BCUT2D eigenvalue weighted by Gasteiger charge is 2.00. The van der Waals surface area contributed by atoms with Crippen LogP contribution in [-0.4, -0.2) is 25.2 Å². The SMILES string of the molecule is COc1ncccc1CNCCN. The van der Waals surface area contributed by atoms with E-state index in [-0.39, 0.29) is 0 Å². The molecule has 13 heavy (non-hydrogen) atoms. The molecule has 1 aromatic rings. The van der Waals surface area contributed by atoms with Crippen LogP contribution in [0.15, 0.2) is 18.3 Å². The summed E-state index contributed by atoms with van der Waals surface area (Å²) in [5.74, 6) is 0.673. The van der Waals surface area contributed by atoms with Gasteiger partial charge in [-0.1, -0.05) is 6.07 Å². The predicted molar refractivity (Wildman–Crippen MR) is 51.6 cm³/mol. The summed E-state index contributed by atoms with van der Waals surface area (Å²) in [6.07, 6.45) is 1.71. The summed E-state index contributed by atoms with van der Waals surface area (Å²) < 4.78 is 5.09. The molecule has 4 nitrogen and oxygen atoms in total. The van der Waals surface area contributed by atoms with Crippen LogP contribution in [0.3, 0.4) is 0 Å². The average molecular weight is 181 g/mol. The Balaban J connectivity index is 2.54. The minimum absolute atomic E-state index is 0.641. The van der Waals surface area contributed by atoms with E-state index < -0.39 is 0 Å². The van der Waals surface area contributed by atoms with E-state index in [0.717, 1.165) is 18.7 Å². The van der Waals surface area contributed by atoms with Crippen LogP contribution in [0.25, 0.3) is 0 Å². The van der Waals surface area contributed by atoms with E-state index in [1.807, 2.05) is 12.1 Å². The average Bonchev–Trinajstić information content (AvgIpc) is 2.19. The van der Waals surface area contributed by atoms with Crippen molar-refractivity contribution in [3.8, 4) is 5.88 Å². The van der Waals surface area contributed by atoms with E-state index in [4.69, 9.17) is 10.5 Å². The monoisotopic (exact) mass is 181 g/mol. The zero-order valence-corrected chi connectivity index (χ0v) is 7.79. The van der Waals surface area contributed by atoms with E-state index in [9.17, 15) is 0 Å². The quantitative estimate of drug-likeness (QED) is 0.634. The van der Waals surface area contributed by atoms with Crippen LogP contribution < -0.4 is 15.8 Å². The lowest BCUT2D eigenvalue weighted by atomic mass is 10.2. The van der Waals surface area contributed by atoms with E-state index in [1.165, 1.54) is 0 Å². The number of aromatic nitrogens is 1. The topological polar surface area (TPSA) is 60.2 Å². The van der Waals surface area contributed by atoms with Gasteiger partial charge >= 0.3 is 0 Å². The number of pyridine rings is 1. The van der Waals surface area contributed by atoms with Gasteiger partial charge in [-0.15, -0.1) is 0 Å². The number of nitrogens with two attached hydrogens (primary N) is 1. The number of ether oxygens (including phenoxy) is 1. The van der Waals surface area contributed by atoms with Crippen LogP contribution in [0.4, 0.5) is 0 Å². The van der Waals surface area contributed by atoms with Crippen molar-refractivity contribution in [3.63, 3.8) is 0 Å². The lowest BCUT2D eigenvalue weighted by Gasteiger charge is -2.06. The lowest BCUT2D eigenvalue weighted by molar-refractivity contribution is 0.390. The van der Waals surface area contributed by atoms with Crippen LogP contribution in [0.1, 0.15) is 5.56 Å². The first-order chi connectivity index (χ1) is 6.38. The lowest BCUT2D eigenvalue weighted by Crippen LogP contribution is -2.22. The Morgan fingerprint density at radius 2 is 2.46 bits per heavy atom. The second-order valence-electron chi connectivity index (χ2n) is 2.64. The molecule has 0 aliphatic rings. The van der Waals surface area contributed by atoms with Crippen LogP contribution >= 0.6 is 0 Å². The van der Waals surface area contributed by atoms with Crippen LogP contribution in [0, 0.1) is 0 Å². The molecule has 0 saturated carbocycles. The Labute approximate surface area is 78.1 Å². The smallest absolute Gasteiger partial charge is 0.217 e. The third-order valence-electron chi connectivity index (χ3n) is 1.68. The number of rotatable bonds is 5. The first-order valence-corrected chi connectivity index (χ1v) is 4.27. The van der Waals surface area contributed by atoms with Gasteiger partial charge in [0.2, 0.25) is 5.88 Å². The summed E-state index contributed by atoms with van der Waals surface area (Å²) >= 11 is 0. The molecule has 0 aromatic carbocycles. The molecule has 1 heterocycles. The Kier molecular flexibility index (Phi) is 4.21. The molecular weight excluding hydrogens is 166 g/mol. The first kappa shape index (κ1) is 9.95. The first-order valence-electron chi connectivity index (χ1n) is 4.27. The van der Waals surface area contributed by atoms with Crippen molar-refractivity contribution in [1.82, 2.24) is 10.3 Å². The van der Waals surface area contributed by atoms with Crippen molar-refractivity contribution >= 4 is 0 Å². The highest BCUT2D eigenvalue weighted by molar-refractivity contribution is 5.24. The molecule has 1 rings (SSSR count). The Morgan fingerprint density at radius 3 is 3.15 bits per heavy atom. The molecule has 3 N–H and O–H groups in total. The van der Waals surface area contributed by atoms with Gasteiger partial charge in [-0.2, -0.15) is 0 Å². The van der Waals surface area contributed by atoms with Crippen LogP contribution in [-0.2, 0) is 6.54 Å². The van der Waals surface area contributed by atoms with Gasteiger partial charge in [0, 0.05) is 31.4 Å². The minimum atomic E-state index is 0.641. The maximum atomic E-state index is 5.35. The highest BCUT2D eigenvalue weighted by atomic mass is 16.5. The summed E-state index contributed by atoms with van der Waals surface area (Å²) in [6.45, 7) is 2.19. The van der Waals surface area contributed by atoms with Gasteiger partial charge in [0.05, 0.1) is 7.11 Å². The third kappa shape index (κ3) is 3.01. The van der Waals surface area contributed by atoms with Gasteiger partial charge in [-0.3, -0.25) is 0 Å². The second kappa shape index (κ2) is 5.50. The van der Waals surface area contributed by atoms with Crippen LogP contribution in [0.5, 0.6) is 5.88 Å². The van der Waals surface area contributed by atoms with Crippen LogP contribution in [0.2, 0.25) is 0 Å². The van der Waals surface area contributed by atoms with Gasteiger partial charge in [-0.25, -0.2) is 4.98 Å². The highest BCUT2D eigenvalue weighted by Crippen LogP contribution is 2.12. The number of methoxy groups -OCH3 is 1. The van der Waals surface area contributed by atoms with Gasteiger partial charge in [0.15, 0.2) is 0 Å². The van der Waals surface area contributed by atoms with Gasteiger partial charge in [0.1, 0.15) is 0 Å². The summed E-state index contributed by atoms with van der Waals surface area (Å²) in [5.41, 5.74) is 6.41. The molecule has 0 radical (unpaired) electrons. The summed E-state index contributed by atoms with van der Waals surface area (Å²) in [5, 5.41) is 3.18. The van der Waals surface area contributed by atoms with Crippen molar-refractivity contribution in [2.45, 2.75) is 6.54 Å². The number of hydrogen-bond donors (Lipinski definition) is 2. The third-order valence-corrected chi connectivity index (χ3v) is 1.68. The maximum Gasteiger partial charge on any atom is 0.217 e. The Bertz CT molecular complexity index is 252. The van der Waals surface area contributed by atoms with Gasteiger partial charge in [0.25, 0.3) is 0 Å². The van der Waals surface area contributed by atoms with Crippen molar-refractivity contribution < 1.29 is 4.74 Å². The fourth-order valence-corrected chi connectivity index (χ4v) is 1.07. The van der Waals surface area contributed by atoms with Crippen molar-refractivity contribution in [2.75, 3.05) is 20.2 Å². The zero-order chi connectivity index (χ0) is 9.52. The van der Waals surface area contributed by atoms with Crippen molar-refractivity contribution in [1.29, 1.82) is 0 Å². The van der Waals surface area contributed by atoms with E-state index >= 15 is 0 Å². The van der Waals surface area contributed by atoms with E-state index in [0.29, 0.717) is 12.4 Å². The Hall–Kier alpha value is -1.13. The molecular formula is C9H15N3O. The molecule has 0 bridgehead atoms. The summed E-state index contributed by atoms with van der Waals surface area (Å²) in [4.78, 5) is 4.08. The molecule has 0 amide bonds. The number of hydrogen-bond acceptors (Lipinski definition) is 4. The van der Waals surface area contributed by atoms with E-state index in [2.05, 4.69) is 10.3 Å². The molecule has 4 heteroatoms. The minimum Gasteiger partial charge on any atom is -0.481 e. The molecule has 0 saturated heterocycles. The molecule has 0 atom stereocenters. The van der Waals surface area contributed by atoms with Gasteiger partial charge < -0.3 is 15.8 Å². The number of nitrogens with one attached hydrogen (secondary N) is 1. The Morgan fingerprint density at radius 1 is 1.62 bits per heavy atom. The fourth-order valence-electron chi connectivity index (χ4n) is 1.07. The molecule has 1 aromatic heterocycles. The van der Waals surface area contributed by atoms with Gasteiger partial charge in [-0.05, 0) is 6.07 Å². The summed E-state index contributed by atoms with van der Waals surface area (Å²) in [7, 11) is 1.62. The molecule has 0 aliphatic heterocycles. The van der Waals surface area contributed by atoms with Crippen molar-refractivity contribution in [3.05, 3.63) is 23.9 Å². The fraction of sp³-hybridized carbons (Fsp3) is 0.444. The van der Waals surface area contributed by atoms with E-state index in [1.54, 1.807) is 13.3 Å². The molecule has 0 unspecified atom stereocenters. The number of nitrogens with zero attached hydrogens (tertiary/aromatic N) is 1. The summed E-state index contributed by atoms with van der Waals surface area (Å²) in [6, 6.07) is 3.87. The molecule has 0 spiro atoms.